The molecule has 0 saturated heterocycles. The molecule has 5 N–H and O–H groups in total. The molecule has 0 aromatic rings. The monoisotopic (exact) mass is 173 g/mol. The zero-order valence-electron chi connectivity index (χ0n) is 7.39. The van der Waals surface area contributed by atoms with Gasteiger partial charge in [0, 0.05) is 12.1 Å². The molecule has 0 rings (SSSR count). The molecule has 0 aliphatic rings. The molecular formula is C7H15N3O2. The summed E-state index contributed by atoms with van der Waals surface area (Å²) in [7, 11) is 0. The van der Waals surface area contributed by atoms with Crippen LogP contribution in [0.4, 0.5) is 4.79 Å². The third-order valence-corrected chi connectivity index (χ3v) is 0.772. The van der Waals surface area contributed by atoms with Gasteiger partial charge in [0.1, 0.15) is 0 Å². The van der Waals surface area contributed by atoms with E-state index in [0.29, 0.717) is 12.1 Å². The van der Waals surface area contributed by atoms with Gasteiger partial charge in [0.05, 0.1) is 0 Å². The van der Waals surface area contributed by atoms with Crippen LogP contribution in [0.5, 0.6) is 0 Å². The predicted octanol–water partition coefficient (Wildman–Crippen LogP) is -0.278. The van der Waals surface area contributed by atoms with Crippen molar-refractivity contribution in [3.63, 3.8) is 0 Å². The fraction of sp³-hybridized carbons (Fsp3) is 0.429. The minimum atomic E-state index is -0.461. The highest BCUT2D eigenvalue weighted by Crippen LogP contribution is 1.78. The van der Waals surface area contributed by atoms with E-state index >= 15 is 0 Å². The number of hydrogen-bond donors (Lipinski definition) is 3. The van der Waals surface area contributed by atoms with Gasteiger partial charge in [0.15, 0.2) is 0 Å². The average molecular weight is 173 g/mol. The van der Waals surface area contributed by atoms with Gasteiger partial charge in [-0.25, -0.2) is 4.79 Å². The summed E-state index contributed by atoms with van der Waals surface area (Å²) in [6.07, 6.45) is 0. The van der Waals surface area contributed by atoms with Gasteiger partial charge in [-0.2, -0.15) is 0 Å². The number of nitrogens with one attached hydrogen (secondary N) is 1. The van der Waals surface area contributed by atoms with E-state index in [-0.39, 0.29) is 0 Å². The molecular weight excluding hydrogens is 158 g/mol. The second-order valence-electron chi connectivity index (χ2n) is 2.04. The quantitative estimate of drug-likeness (QED) is 0.500. The van der Waals surface area contributed by atoms with Crippen molar-refractivity contribution in [1.29, 1.82) is 0 Å². The first-order valence-electron chi connectivity index (χ1n) is 3.40. The third kappa shape index (κ3) is 15.8. The fourth-order valence-electron chi connectivity index (χ4n) is 0.174. The van der Waals surface area contributed by atoms with Crippen LogP contribution in [0.1, 0.15) is 13.8 Å². The second kappa shape index (κ2) is 7.59. The van der Waals surface area contributed by atoms with Crippen molar-refractivity contribution in [2.24, 2.45) is 11.5 Å². The number of carbonyl (C=O) groups excluding carboxylic acids is 2. The molecule has 5 nitrogen and oxygen atoms in total. The molecule has 0 spiro atoms. The molecule has 0 atom stereocenters. The Hall–Kier alpha value is -1.52. The maximum Gasteiger partial charge on any atom is 0.312 e. The van der Waals surface area contributed by atoms with Crippen molar-refractivity contribution < 1.29 is 9.59 Å². The minimum Gasteiger partial charge on any atom is -0.366 e. The molecule has 0 bridgehead atoms. The number of nitrogens with two attached hydrogens (primary N) is 2. The lowest BCUT2D eigenvalue weighted by atomic mass is 10.3. The Morgan fingerprint density at radius 1 is 1.42 bits per heavy atom. The van der Waals surface area contributed by atoms with E-state index in [1.165, 1.54) is 0 Å². The number of carbonyl (C=O) groups is 2. The molecule has 70 valence electrons. The Morgan fingerprint density at radius 3 is 1.75 bits per heavy atom. The maximum absolute atomic E-state index is 9.82. The van der Waals surface area contributed by atoms with Crippen molar-refractivity contribution in [3.05, 3.63) is 12.2 Å². The fourth-order valence-corrected chi connectivity index (χ4v) is 0.174. The first-order valence-corrected chi connectivity index (χ1v) is 3.40. The molecule has 0 aromatic carbocycles. The number of hydrogen-bond acceptors (Lipinski definition) is 2. The topological polar surface area (TPSA) is 98.2 Å². The lowest BCUT2D eigenvalue weighted by molar-refractivity contribution is -0.114. The smallest absolute Gasteiger partial charge is 0.312 e. The van der Waals surface area contributed by atoms with Gasteiger partial charge in [-0.15, -0.1) is 0 Å². The Balaban J connectivity index is 0. The molecule has 0 fully saturated rings. The zero-order valence-corrected chi connectivity index (χ0v) is 7.39. The van der Waals surface area contributed by atoms with Crippen molar-refractivity contribution >= 4 is 11.9 Å². The maximum atomic E-state index is 9.82. The van der Waals surface area contributed by atoms with E-state index in [9.17, 15) is 9.59 Å². The molecule has 0 aliphatic carbocycles. The molecule has 5 heteroatoms. The second-order valence-corrected chi connectivity index (χ2v) is 2.04. The third-order valence-electron chi connectivity index (χ3n) is 0.772. The van der Waals surface area contributed by atoms with Gasteiger partial charge in [0.25, 0.3) is 0 Å². The summed E-state index contributed by atoms with van der Waals surface area (Å²) in [5.74, 6) is -0.435. The largest absolute Gasteiger partial charge is 0.366 e. The summed E-state index contributed by atoms with van der Waals surface area (Å²) in [5, 5.41) is 2.35. The van der Waals surface area contributed by atoms with E-state index in [0.717, 1.165) is 0 Å². The lowest BCUT2D eigenvalue weighted by Crippen LogP contribution is -2.28. The van der Waals surface area contributed by atoms with Crippen LogP contribution >= 0.6 is 0 Å². The number of urea groups is 1. The van der Waals surface area contributed by atoms with Crippen LogP contribution in [0, 0.1) is 0 Å². The molecule has 0 aromatic heterocycles. The Labute approximate surface area is 71.8 Å². The summed E-state index contributed by atoms with van der Waals surface area (Å²) < 4.78 is 0. The molecule has 0 radical (unpaired) electrons. The van der Waals surface area contributed by atoms with Crippen LogP contribution in [0.3, 0.4) is 0 Å². The Bertz CT molecular complexity index is 165. The normalized spacial score (nSPS) is 7.50. The van der Waals surface area contributed by atoms with Crippen LogP contribution in [0.2, 0.25) is 0 Å². The van der Waals surface area contributed by atoms with Crippen LogP contribution in [0.25, 0.3) is 0 Å². The summed E-state index contributed by atoms with van der Waals surface area (Å²) in [6.45, 7) is 7.27. The minimum absolute atomic E-state index is 0.398. The number of primary amides is 2. The highest BCUT2D eigenvalue weighted by atomic mass is 16.2. The van der Waals surface area contributed by atoms with E-state index in [4.69, 9.17) is 5.73 Å². The zero-order chi connectivity index (χ0) is 10.1. The van der Waals surface area contributed by atoms with Crippen LogP contribution < -0.4 is 16.8 Å². The summed E-state index contributed by atoms with van der Waals surface area (Å²) >= 11 is 0. The van der Waals surface area contributed by atoms with Gasteiger partial charge in [-0.1, -0.05) is 6.58 Å². The Kier molecular flexibility index (Phi) is 8.28. The van der Waals surface area contributed by atoms with E-state index in [1.807, 2.05) is 6.92 Å². The first-order chi connectivity index (χ1) is 5.41. The summed E-state index contributed by atoms with van der Waals surface area (Å²) in [4.78, 5) is 19.5. The van der Waals surface area contributed by atoms with E-state index in [1.54, 1.807) is 6.92 Å². The average Bonchev–Trinajstić information content (AvgIpc) is 1.87. The predicted molar refractivity (Wildman–Crippen MR) is 47.3 cm³/mol. The number of amides is 3. The molecule has 0 aliphatic heterocycles. The summed E-state index contributed by atoms with van der Waals surface area (Å²) in [5.41, 5.74) is 9.75. The molecule has 0 heterocycles. The van der Waals surface area contributed by atoms with Crippen LogP contribution in [-0.2, 0) is 4.79 Å². The molecule has 3 amide bonds. The summed E-state index contributed by atoms with van der Waals surface area (Å²) in [6, 6.07) is -0.461. The molecule has 0 unspecified atom stereocenters. The van der Waals surface area contributed by atoms with Crippen LogP contribution in [-0.4, -0.2) is 18.5 Å². The van der Waals surface area contributed by atoms with E-state index < -0.39 is 11.9 Å². The van der Waals surface area contributed by atoms with Gasteiger partial charge in [0.2, 0.25) is 5.91 Å². The van der Waals surface area contributed by atoms with Gasteiger partial charge in [-0.3, -0.25) is 4.79 Å². The van der Waals surface area contributed by atoms with Gasteiger partial charge in [-0.05, 0) is 13.8 Å². The van der Waals surface area contributed by atoms with Crippen molar-refractivity contribution in [2.75, 3.05) is 6.54 Å². The van der Waals surface area contributed by atoms with Gasteiger partial charge < -0.3 is 16.8 Å². The molecule has 12 heavy (non-hydrogen) atoms. The highest BCUT2D eigenvalue weighted by molar-refractivity contribution is 5.90. The highest BCUT2D eigenvalue weighted by Gasteiger charge is 1.86. The standard InChI is InChI=1S/C4H7NO.C3H8N2O/c1-3(2)4(5)6;1-2-5-3(4)6/h1H2,2H3,(H2,5,6);2H2,1H3,(H3,4,5,6). The van der Waals surface area contributed by atoms with Crippen LogP contribution in [0.15, 0.2) is 12.2 Å². The van der Waals surface area contributed by atoms with Crippen molar-refractivity contribution in [3.8, 4) is 0 Å². The first kappa shape index (κ1) is 13.1. The Morgan fingerprint density at radius 2 is 1.75 bits per heavy atom. The SMILES string of the molecule is C=C(C)C(N)=O.CCNC(N)=O. The van der Waals surface area contributed by atoms with Crippen molar-refractivity contribution in [1.82, 2.24) is 5.32 Å². The van der Waals surface area contributed by atoms with Gasteiger partial charge >= 0.3 is 6.03 Å². The number of rotatable bonds is 2. The van der Waals surface area contributed by atoms with E-state index in [2.05, 4.69) is 17.6 Å². The lowest BCUT2D eigenvalue weighted by Gasteiger charge is -1.88. The molecule has 0 saturated carbocycles. The van der Waals surface area contributed by atoms with Crippen molar-refractivity contribution in [2.45, 2.75) is 13.8 Å².